The lowest BCUT2D eigenvalue weighted by molar-refractivity contribution is -0.155. The van der Waals surface area contributed by atoms with Crippen LogP contribution in [0.4, 0.5) is 0 Å². The van der Waals surface area contributed by atoms with Gasteiger partial charge in [-0.3, -0.25) is 4.79 Å². The number of esters is 1. The van der Waals surface area contributed by atoms with E-state index < -0.39 is 12.1 Å². The number of ether oxygens (including phenoxy) is 1. The summed E-state index contributed by atoms with van der Waals surface area (Å²) in [5.41, 5.74) is 8.73. The first kappa shape index (κ1) is 21.1. The van der Waals surface area contributed by atoms with Crippen molar-refractivity contribution in [2.45, 2.75) is 50.6 Å². The average molecular weight is 391 g/mol. The second-order valence-corrected chi connectivity index (χ2v) is 8.80. The van der Waals surface area contributed by atoms with Crippen LogP contribution in [-0.2, 0) is 14.3 Å². The van der Waals surface area contributed by atoms with Crippen LogP contribution in [0.15, 0.2) is 40.3 Å². The maximum Gasteiger partial charge on any atom is 0.328 e. The Kier molecular flexibility index (Phi) is 7.56. The van der Waals surface area contributed by atoms with Crippen molar-refractivity contribution in [1.29, 1.82) is 0 Å². The number of hydrogen-bond acceptors (Lipinski definition) is 5. The molecule has 1 aliphatic rings. The Morgan fingerprint density at radius 1 is 1.37 bits per heavy atom. The number of rotatable bonds is 7. The van der Waals surface area contributed by atoms with Crippen LogP contribution in [0.3, 0.4) is 0 Å². The van der Waals surface area contributed by atoms with Crippen molar-refractivity contribution in [3.05, 3.63) is 40.8 Å². The van der Waals surface area contributed by atoms with Crippen molar-refractivity contribution >= 4 is 23.6 Å². The molecular formula is C19H26N4O3S. The molecule has 2 rings (SSSR count). The first-order valence-corrected chi connectivity index (χ1v) is 9.99. The van der Waals surface area contributed by atoms with Gasteiger partial charge < -0.3 is 9.64 Å². The molecule has 0 aromatic heterocycles. The fourth-order valence-corrected chi connectivity index (χ4v) is 3.67. The molecule has 0 unspecified atom stereocenters. The minimum atomic E-state index is -0.851. The van der Waals surface area contributed by atoms with Gasteiger partial charge in [0.1, 0.15) is 12.1 Å². The molecule has 1 aromatic carbocycles. The third-order valence-electron chi connectivity index (χ3n) is 4.08. The van der Waals surface area contributed by atoms with E-state index in [9.17, 15) is 9.59 Å². The number of hydrogen-bond donors (Lipinski definition) is 0. The van der Waals surface area contributed by atoms with Crippen LogP contribution in [-0.4, -0.2) is 47.8 Å². The summed E-state index contributed by atoms with van der Waals surface area (Å²) in [4.78, 5) is 30.7. The summed E-state index contributed by atoms with van der Waals surface area (Å²) < 4.78 is 5.40. The molecule has 0 spiro atoms. The van der Waals surface area contributed by atoms with Gasteiger partial charge in [-0.15, -0.1) is 11.8 Å². The first-order chi connectivity index (χ1) is 12.8. The van der Waals surface area contributed by atoms with Gasteiger partial charge in [-0.2, -0.15) is 0 Å². The Bertz CT molecular complexity index is 699. The van der Waals surface area contributed by atoms with Crippen molar-refractivity contribution in [1.82, 2.24) is 4.90 Å². The molecule has 0 N–H and O–H groups in total. The standard InChI is InChI=1S/C19H26N4O3S/c1-19(2,3)13-26-18(25)16-10-7-11-23(16)17(24)15(21-22-20)12-27-14-8-5-4-6-9-14/h4-6,8-9,15-16H,7,10-13H2,1-3H3/t15-,16-/m0/s1. The Balaban J connectivity index is 2.02. The minimum absolute atomic E-state index is 0.136. The molecule has 1 aliphatic heterocycles. The van der Waals surface area contributed by atoms with Crippen LogP contribution >= 0.6 is 11.8 Å². The van der Waals surface area contributed by atoms with E-state index in [0.717, 1.165) is 11.3 Å². The molecule has 1 saturated heterocycles. The lowest BCUT2D eigenvalue weighted by Crippen LogP contribution is -2.46. The van der Waals surface area contributed by atoms with Gasteiger partial charge in [0, 0.05) is 22.1 Å². The Morgan fingerprint density at radius 2 is 2.07 bits per heavy atom. The van der Waals surface area contributed by atoms with E-state index in [1.807, 2.05) is 51.1 Å². The molecule has 0 bridgehead atoms. The molecule has 0 radical (unpaired) electrons. The van der Waals surface area contributed by atoms with Crippen LogP contribution in [0.5, 0.6) is 0 Å². The monoisotopic (exact) mass is 390 g/mol. The van der Waals surface area contributed by atoms with E-state index in [0.29, 0.717) is 25.3 Å². The molecule has 1 amide bonds. The highest BCUT2D eigenvalue weighted by molar-refractivity contribution is 7.99. The molecule has 1 heterocycles. The normalized spacial score (nSPS) is 17.9. The molecule has 0 aliphatic carbocycles. The van der Waals surface area contributed by atoms with E-state index in [1.165, 1.54) is 16.7 Å². The Morgan fingerprint density at radius 3 is 2.70 bits per heavy atom. The van der Waals surface area contributed by atoms with Gasteiger partial charge >= 0.3 is 5.97 Å². The van der Waals surface area contributed by atoms with Crippen molar-refractivity contribution < 1.29 is 14.3 Å². The van der Waals surface area contributed by atoms with Crippen molar-refractivity contribution in [3.63, 3.8) is 0 Å². The topological polar surface area (TPSA) is 95.4 Å². The summed E-state index contributed by atoms with van der Waals surface area (Å²) in [5, 5.41) is 3.68. The van der Waals surface area contributed by atoms with E-state index in [1.54, 1.807) is 0 Å². The lowest BCUT2D eigenvalue weighted by atomic mass is 9.99. The molecular weight excluding hydrogens is 364 g/mol. The number of likely N-dealkylation sites (tertiary alicyclic amines) is 1. The SMILES string of the molecule is CC(C)(C)COC(=O)[C@@H]1CCCN1C(=O)[C@H](CSc1ccccc1)N=[N+]=[N-]. The van der Waals surface area contributed by atoms with Crippen molar-refractivity contribution in [3.8, 4) is 0 Å². The summed E-state index contributed by atoms with van der Waals surface area (Å²) >= 11 is 1.45. The molecule has 1 fully saturated rings. The van der Waals surface area contributed by atoms with Crippen LogP contribution in [0.2, 0.25) is 0 Å². The first-order valence-electron chi connectivity index (χ1n) is 9.01. The lowest BCUT2D eigenvalue weighted by Gasteiger charge is -2.27. The zero-order valence-corrected chi connectivity index (χ0v) is 16.8. The molecule has 2 atom stereocenters. The second kappa shape index (κ2) is 9.67. The molecule has 1 aromatic rings. The van der Waals surface area contributed by atoms with Crippen LogP contribution in [0.25, 0.3) is 10.4 Å². The fraction of sp³-hybridized carbons (Fsp3) is 0.579. The van der Waals surface area contributed by atoms with Gasteiger partial charge in [-0.05, 0) is 35.9 Å². The maximum atomic E-state index is 12.9. The van der Waals surface area contributed by atoms with Gasteiger partial charge in [0.2, 0.25) is 5.91 Å². The molecule has 0 saturated carbocycles. The van der Waals surface area contributed by atoms with Crippen molar-refractivity contribution in [2.24, 2.45) is 10.5 Å². The van der Waals surface area contributed by atoms with Gasteiger partial charge in [0.15, 0.2) is 0 Å². The highest BCUT2D eigenvalue weighted by atomic mass is 32.2. The minimum Gasteiger partial charge on any atom is -0.464 e. The summed E-state index contributed by atoms with van der Waals surface area (Å²) in [5.74, 6) is -0.370. The van der Waals surface area contributed by atoms with E-state index in [-0.39, 0.29) is 17.3 Å². The Labute approximate surface area is 164 Å². The van der Waals surface area contributed by atoms with Gasteiger partial charge in [-0.1, -0.05) is 44.1 Å². The quantitative estimate of drug-likeness (QED) is 0.231. The smallest absolute Gasteiger partial charge is 0.328 e. The van der Waals surface area contributed by atoms with Gasteiger partial charge in [0.05, 0.1) is 6.61 Å². The molecule has 7 nitrogen and oxygen atoms in total. The third kappa shape index (κ3) is 6.48. The maximum absolute atomic E-state index is 12.9. The Hall–Kier alpha value is -2.18. The predicted octanol–water partition coefficient (Wildman–Crippen LogP) is 4.04. The zero-order valence-electron chi connectivity index (χ0n) is 16.0. The van der Waals surface area contributed by atoms with Gasteiger partial charge in [-0.25, -0.2) is 4.79 Å². The highest BCUT2D eigenvalue weighted by Crippen LogP contribution is 2.25. The number of carbonyl (C=O) groups excluding carboxylic acids is 2. The third-order valence-corrected chi connectivity index (χ3v) is 5.17. The average Bonchev–Trinajstić information content (AvgIpc) is 3.12. The van der Waals surface area contributed by atoms with Crippen LogP contribution in [0.1, 0.15) is 33.6 Å². The summed E-state index contributed by atoms with van der Waals surface area (Å²) in [6.45, 7) is 6.72. The predicted molar refractivity (Wildman–Crippen MR) is 105 cm³/mol. The van der Waals surface area contributed by atoms with Crippen LogP contribution < -0.4 is 0 Å². The number of azide groups is 1. The molecule has 8 heteroatoms. The summed E-state index contributed by atoms with van der Waals surface area (Å²) in [6.07, 6.45) is 1.30. The fourth-order valence-electron chi connectivity index (χ4n) is 2.76. The van der Waals surface area contributed by atoms with E-state index >= 15 is 0 Å². The van der Waals surface area contributed by atoms with Crippen molar-refractivity contribution in [2.75, 3.05) is 18.9 Å². The summed E-state index contributed by atoms with van der Waals surface area (Å²) in [7, 11) is 0. The van der Waals surface area contributed by atoms with E-state index in [2.05, 4.69) is 10.0 Å². The van der Waals surface area contributed by atoms with E-state index in [4.69, 9.17) is 10.3 Å². The van der Waals surface area contributed by atoms with Crippen LogP contribution in [0, 0.1) is 5.41 Å². The number of amides is 1. The largest absolute Gasteiger partial charge is 0.464 e. The number of benzene rings is 1. The second-order valence-electron chi connectivity index (χ2n) is 7.70. The zero-order chi connectivity index (χ0) is 19.9. The highest BCUT2D eigenvalue weighted by Gasteiger charge is 2.38. The number of nitrogens with zero attached hydrogens (tertiary/aromatic N) is 4. The van der Waals surface area contributed by atoms with Gasteiger partial charge in [0.25, 0.3) is 0 Å². The molecule has 146 valence electrons. The molecule has 27 heavy (non-hydrogen) atoms. The number of thioether (sulfide) groups is 1. The number of carbonyl (C=O) groups is 2. The summed E-state index contributed by atoms with van der Waals surface area (Å²) in [6, 6.07) is 8.16.